The Morgan fingerprint density at radius 3 is 3.00 bits per heavy atom. The van der Waals surface area contributed by atoms with Gasteiger partial charge in [-0.05, 0) is 18.1 Å². The van der Waals surface area contributed by atoms with E-state index in [-0.39, 0.29) is 23.6 Å². The molecular formula is C11H11BFNO4. The van der Waals surface area contributed by atoms with Gasteiger partial charge in [0.05, 0.1) is 11.5 Å². The van der Waals surface area contributed by atoms with Gasteiger partial charge in [-0.25, -0.2) is 4.39 Å². The monoisotopic (exact) mass is 251 g/mol. The largest absolute Gasteiger partial charge is 0.547 e. The van der Waals surface area contributed by atoms with Crippen LogP contribution in [-0.2, 0) is 11.2 Å². The van der Waals surface area contributed by atoms with Crippen LogP contribution in [0.5, 0.6) is 5.75 Å². The molecule has 7 heteroatoms. The molecule has 1 aromatic carbocycles. The van der Waals surface area contributed by atoms with Crippen molar-refractivity contribution in [2.24, 2.45) is 0 Å². The highest BCUT2D eigenvalue weighted by molar-refractivity contribution is 6.47. The Balaban J connectivity index is 2.35. The van der Waals surface area contributed by atoms with Crippen LogP contribution in [-0.4, -0.2) is 30.3 Å². The molecule has 18 heavy (non-hydrogen) atoms. The Labute approximate surface area is 103 Å². The van der Waals surface area contributed by atoms with Crippen LogP contribution in [0.1, 0.15) is 22.8 Å². The first-order chi connectivity index (χ1) is 8.52. The summed E-state index contributed by atoms with van der Waals surface area (Å²) in [7, 11) is -1.30. The molecular weight excluding hydrogens is 240 g/mol. The van der Waals surface area contributed by atoms with Crippen LogP contribution in [0, 0.1) is 5.82 Å². The number of carbonyl (C=O) groups is 2. The lowest BCUT2D eigenvalue weighted by atomic mass is 9.72. The molecule has 5 nitrogen and oxygen atoms in total. The number of amides is 1. The van der Waals surface area contributed by atoms with Crippen molar-refractivity contribution < 1.29 is 23.7 Å². The number of hydrogen-bond acceptors (Lipinski definition) is 4. The van der Waals surface area contributed by atoms with Crippen molar-refractivity contribution in [1.82, 2.24) is 5.32 Å². The average Bonchev–Trinajstić information content (AvgIpc) is 2.30. The topological polar surface area (TPSA) is 75.6 Å². The standard InChI is InChI=1S/C11H11BFNO4/c1-6(16)14-10-4-7-2-3-9(13)8(5-15)11(7)18-12(10)17/h2-3,5,10,17H,4H2,1H3,(H,14,16)/t10-/m0/s1. The van der Waals surface area contributed by atoms with E-state index in [2.05, 4.69) is 5.32 Å². The lowest BCUT2D eigenvalue weighted by molar-refractivity contribution is -0.119. The van der Waals surface area contributed by atoms with Crippen molar-refractivity contribution in [2.45, 2.75) is 19.3 Å². The predicted octanol–water partition coefficient (Wildman–Crippen LogP) is 0.0975. The van der Waals surface area contributed by atoms with Gasteiger partial charge in [0.15, 0.2) is 6.29 Å². The summed E-state index contributed by atoms with van der Waals surface area (Å²) in [6, 6.07) is 2.63. The third-order valence-corrected chi connectivity index (χ3v) is 2.75. The van der Waals surface area contributed by atoms with Gasteiger partial charge >= 0.3 is 7.12 Å². The maximum absolute atomic E-state index is 13.3. The zero-order valence-electron chi connectivity index (χ0n) is 9.64. The van der Waals surface area contributed by atoms with E-state index in [1.54, 1.807) is 0 Å². The fourth-order valence-corrected chi connectivity index (χ4v) is 1.95. The summed E-state index contributed by atoms with van der Waals surface area (Å²) in [6.07, 6.45) is 0.622. The number of rotatable bonds is 2. The molecule has 0 aromatic heterocycles. The van der Waals surface area contributed by atoms with Gasteiger partial charge in [-0.2, -0.15) is 0 Å². The summed E-state index contributed by atoms with van der Waals surface area (Å²) in [5.41, 5.74) is 0.357. The summed E-state index contributed by atoms with van der Waals surface area (Å²) in [5.74, 6) is -1.57. The van der Waals surface area contributed by atoms with Crippen molar-refractivity contribution in [3.05, 3.63) is 29.1 Å². The molecule has 1 aliphatic rings. The molecule has 1 aromatic rings. The first-order valence-corrected chi connectivity index (χ1v) is 5.41. The van der Waals surface area contributed by atoms with E-state index in [9.17, 15) is 19.0 Å². The fraction of sp³-hybridized carbons (Fsp3) is 0.273. The van der Waals surface area contributed by atoms with Gasteiger partial charge in [0, 0.05) is 6.92 Å². The molecule has 1 amide bonds. The summed E-state index contributed by atoms with van der Waals surface area (Å²) in [6.45, 7) is 1.32. The lowest BCUT2D eigenvalue weighted by Crippen LogP contribution is -2.52. The van der Waals surface area contributed by atoms with Crippen LogP contribution in [0.2, 0.25) is 0 Å². The second-order valence-electron chi connectivity index (χ2n) is 4.09. The van der Waals surface area contributed by atoms with Crippen molar-refractivity contribution in [3.63, 3.8) is 0 Å². The maximum atomic E-state index is 13.3. The molecule has 2 rings (SSSR count). The van der Waals surface area contributed by atoms with Crippen molar-refractivity contribution in [2.75, 3.05) is 0 Å². The van der Waals surface area contributed by atoms with E-state index >= 15 is 0 Å². The van der Waals surface area contributed by atoms with Gasteiger partial charge in [-0.15, -0.1) is 0 Å². The van der Waals surface area contributed by atoms with Gasteiger partial charge in [0.2, 0.25) is 5.91 Å². The number of benzene rings is 1. The minimum Gasteiger partial charge on any atom is -0.534 e. The molecule has 0 saturated heterocycles. The molecule has 0 saturated carbocycles. The molecule has 0 fully saturated rings. The molecule has 0 unspecified atom stereocenters. The lowest BCUT2D eigenvalue weighted by Gasteiger charge is -2.28. The molecule has 0 spiro atoms. The molecule has 2 N–H and O–H groups in total. The van der Waals surface area contributed by atoms with Crippen LogP contribution in [0.4, 0.5) is 4.39 Å². The van der Waals surface area contributed by atoms with Gasteiger partial charge in [-0.3, -0.25) is 9.59 Å². The zero-order valence-corrected chi connectivity index (χ0v) is 9.64. The van der Waals surface area contributed by atoms with Gasteiger partial charge in [-0.1, -0.05) is 6.07 Å². The molecule has 0 aliphatic carbocycles. The van der Waals surface area contributed by atoms with E-state index in [1.165, 1.54) is 13.0 Å². The van der Waals surface area contributed by atoms with Crippen LogP contribution in [0.25, 0.3) is 0 Å². The third-order valence-electron chi connectivity index (χ3n) is 2.75. The first kappa shape index (κ1) is 12.6. The quantitative estimate of drug-likeness (QED) is 0.577. The SMILES string of the molecule is CC(=O)N[C@H]1Cc2ccc(F)c(C=O)c2OB1O. The van der Waals surface area contributed by atoms with Gasteiger partial charge < -0.3 is 15.0 Å². The van der Waals surface area contributed by atoms with E-state index in [0.717, 1.165) is 6.07 Å². The number of hydrogen-bond donors (Lipinski definition) is 2. The van der Waals surface area contributed by atoms with Crippen LogP contribution < -0.4 is 9.97 Å². The molecule has 94 valence electrons. The Morgan fingerprint density at radius 2 is 2.39 bits per heavy atom. The highest BCUT2D eigenvalue weighted by Crippen LogP contribution is 2.30. The first-order valence-electron chi connectivity index (χ1n) is 5.41. The predicted molar refractivity (Wildman–Crippen MR) is 61.7 cm³/mol. The van der Waals surface area contributed by atoms with Crippen LogP contribution in [0.3, 0.4) is 0 Å². The Kier molecular flexibility index (Phi) is 3.33. The summed E-state index contributed by atoms with van der Waals surface area (Å²) in [4.78, 5) is 21.7. The minimum absolute atomic E-state index is 0.0408. The molecule has 0 bridgehead atoms. The Bertz CT molecular complexity index is 508. The number of halogens is 1. The van der Waals surface area contributed by atoms with E-state index in [0.29, 0.717) is 11.8 Å². The Hall–Kier alpha value is -1.89. The number of aldehydes is 1. The highest BCUT2D eigenvalue weighted by atomic mass is 19.1. The minimum atomic E-state index is -1.30. The molecule has 1 aliphatic heterocycles. The van der Waals surface area contributed by atoms with Gasteiger partial charge in [0.1, 0.15) is 11.6 Å². The Morgan fingerprint density at radius 1 is 1.67 bits per heavy atom. The number of carbonyl (C=O) groups excluding carboxylic acids is 2. The smallest absolute Gasteiger partial charge is 0.534 e. The summed E-state index contributed by atoms with van der Waals surface area (Å²) in [5, 5.41) is 12.2. The van der Waals surface area contributed by atoms with E-state index < -0.39 is 18.9 Å². The van der Waals surface area contributed by atoms with Crippen molar-refractivity contribution in [1.29, 1.82) is 0 Å². The number of nitrogens with one attached hydrogen (secondary N) is 1. The summed E-state index contributed by atoms with van der Waals surface area (Å²) < 4.78 is 18.5. The highest BCUT2D eigenvalue weighted by Gasteiger charge is 2.37. The van der Waals surface area contributed by atoms with Crippen LogP contribution in [0.15, 0.2) is 12.1 Å². The normalized spacial score (nSPS) is 17.7. The van der Waals surface area contributed by atoms with Crippen molar-refractivity contribution in [3.8, 4) is 5.75 Å². The van der Waals surface area contributed by atoms with Gasteiger partial charge in [0.25, 0.3) is 0 Å². The average molecular weight is 251 g/mol. The second-order valence-corrected chi connectivity index (χ2v) is 4.09. The molecule has 1 heterocycles. The van der Waals surface area contributed by atoms with E-state index in [1.807, 2.05) is 0 Å². The summed E-state index contributed by atoms with van der Waals surface area (Å²) >= 11 is 0. The van der Waals surface area contributed by atoms with Crippen LogP contribution >= 0.6 is 0 Å². The molecule has 0 radical (unpaired) electrons. The third kappa shape index (κ3) is 2.21. The van der Waals surface area contributed by atoms with Crippen molar-refractivity contribution >= 4 is 19.3 Å². The zero-order chi connectivity index (χ0) is 13.3. The maximum Gasteiger partial charge on any atom is 0.547 e. The van der Waals surface area contributed by atoms with E-state index in [4.69, 9.17) is 4.65 Å². The second kappa shape index (κ2) is 4.77. The fourth-order valence-electron chi connectivity index (χ4n) is 1.95. The molecule has 1 atom stereocenters. The number of fused-ring (bicyclic) bond motifs is 1.